The van der Waals surface area contributed by atoms with E-state index >= 15 is 0 Å². The molecule has 1 amide bonds. The zero-order valence-electron chi connectivity index (χ0n) is 51.5. The van der Waals surface area contributed by atoms with Crippen LogP contribution in [0, 0.1) is 0 Å². The van der Waals surface area contributed by atoms with Crippen LogP contribution in [-0.4, -0.2) is 47.4 Å². The van der Waals surface area contributed by atoms with Crippen LogP contribution in [0.3, 0.4) is 0 Å². The molecule has 0 aromatic rings. The van der Waals surface area contributed by atoms with Crippen molar-refractivity contribution >= 4 is 11.9 Å². The minimum absolute atomic E-state index is 0.0170. The Morgan fingerprint density at radius 1 is 0.368 bits per heavy atom. The number of ether oxygens (including phenoxy) is 1. The van der Waals surface area contributed by atoms with Crippen molar-refractivity contribution < 1.29 is 24.5 Å². The normalized spacial score (nSPS) is 12.6. The van der Waals surface area contributed by atoms with Crippen LogP contribution in [-0.2, 0) is 14.3 Å². The summed E-state index contributed by atoms with van der Waals surface area (Å²) in [5.41, 5.74) is 0. The highest BCUT2D eigenvalue weighted by atomic mass is 16.5. The van der Waals surface area contributed by atoms with Gasteiger partial charge in [0.2, 0.25) is 5.91 Å². The molecule has 0 spiro atoms. The summed E-state index contributed by atoms with van der Waals surface area (Å²) in [6, 6.07) is -0.541. The Morgan fingerprint density at radius 3 is 1.00 bits per heavy atom. The van der Waals surface area contributed by atoms with E-state index in [1.165, 1.54) is 308 Å². The van der Waals surface area contributed by atoms with Crippen molar-refractivity contribution in [2.24, 2.45) is 0 Å². The van der Waals surface area contributed by atoms with Gasteiger partial charge in [-0.1, -0.05) is 340 Å². The van der Waals surface area contributed by atoms with Crippen LogP contribution in [0.1, 0.15) is 386 Å². The van der Waals surface area contributed by atoms with Crippen molar-refractivity contribution in [3.05, 3.63) is 24.3 Å². The number of allylic oxidation sites excluding steroid dienone is 4. The Bertz CT molecular complexity index is 1190. The number of esters is 1. The lowest BCUT2D eigenvalue weighted by molar-refractivity contribution is -0.143. The van der Waals surface area contributed by atoms with Crippen LogP contribution in [0.15, 0.2) is 24.3 Å². The lowest BCUT2D eigenvalue weighted by Crippen LogP contribution is -2.45. The van der Waals surface area contributed by atoms with E-state index in [1.54, 1.807) is 0 Å². The molecule has 0 heterocycles. The van der Waals surface area contributed by atoms with Gasteiger partial charge in [0.05, 0.1) is 25.4 Å². The number of carbonyl (C=O) groups excluding carboxylic acids is 2. The van der Waals surface area contributed by atoms with Crippen molar-refractivity contribution in [1.82, 2.24) is 5.32 Å². The van der Waals surface area contributed by atoms with Crippen LogP contribution in [0.5, 0.6) is 0 Å². The van der Waals surface area contributed by atoms with E-state index in [1.807, 2.05) is 0 Å². The van der Waals surface area contributed by atoms with Gasteiger partial charge in [-0.2, -0.15) is 0 Å². The maximum Gasteiger partial charge on any atom is 0.305 e. The van der Waals surface area contributed by atoms with Gasteiger partial charge in [-0.25, -0.2) is 0 Å². The topological polar surface area (TPSA) is 95.9 Å². The predicted molar refractivity (Wildman–Crippen MR) is 333 cm³/mol. The Kier molecular flexibility index (Phi) is 64.4. The Balaban J connectivity index is 3.37. The van der Waals surface area contributed by atoms with Gasteiger partial charge < -0.3 is 20.3 Å². The maximum absolute atomic E-state index is 12.5. The molecule has 6 heteroatoms. The lowest BCUT2D eigenvalue weighted by Gasteiger charge is -2.22. The maximum atomic E-state index is 12.5. The van der Waals surface area contributed by atoms with Crippen LogP contribution in [0.2, 0.25) is 0 Å². The number of hydrogen-bond donors (Lipinski definition) is 3. The zero-order valence-corrected chi connectivity index (χ0v) is 51.5. The van der Waals surface area contributed by atoms with Gasteiger partial charge in [0.15, 0.2) is 0 Å². The van der Waals surface area contributed by atoms with Crippen LogP contribution in [0.25, 0.3) is 0 Å². The van der Waals surface area contributed by atoms with Gasteiger partial charge in [0.25, 0.3) is 0 Å². The monoisotopic (exact) mass is 1070 g/mol. The Morgan fingerprint density at radius 2 is 0.658 bits per heavy atom. The number of nitrogens with one attached hydrogen (secondary N) is 1. The third-order valence-electron chi connectivity index (χ3n) is 16.3. The second-order valence-corrected chi connectivity index (χ2v) is 23.9. The predicted octanol–water partition coefficient (Wildman–Crippen LogP) is 22.1. The largest absolute Gasteiger partial charge is 0.466 e. The fraction of sp³-hybridized carbons (Fsp3) is 0.914. The molecule has 0 saturated heterocycles. The minimum Gasteiger partial charge on any atom is -0.466 e. The number of hydrogen-bond acceptors (Lipinski definition) is 5. The molecule has 0 fully saturated rings. The smallest absolute Gasteiger partial charge is 0.305 e. The fourth-order valence-electron chi connectivity index (χ4n) is 11.0. The van der Waals surface area contributed by atoms with Crippen molar-refractivity contribution in [2.45, 2.75) is 398 Å². The first-order valence-corrected chi connectivity index (χ1v) is 34.6. The molecule has 76 heavy (non-hydrogen) atoms. The molecule has 2 unspecified atom stereocenters. The number of unbranched alkanes of at least 4 members (excludes halogenated alkanes) is 50. The average molecular weight is 1070 g/mol. The molecule has 0 aliphatic heterocycles. The van der Waals surface area contributed by atoms with Gasteiger partial charge in [-0.3, -0.25) is 9.59 Å². The summed E-state index contributed by atoms with van der Waals surface area (Å²) in [4.78, 5) is 24.6. The quantitative estimate of drug-likeness (QED) is 0.0320. The highest BCUT2D eigenvalue weighted by Crippen LogP contribution is 2.19. The van der Waals surface area contributed by atoms with Gasteiger partial charge in [0.1, 0.15) is 0 Å². The van der Waals surface area contributed by atoms with Crippen LogP contribution in [0.4, 0.5) is 0 Å². The summed E-state index contributed by atoms with van der Waals surface area (Å²) in [6.07, 6.45) is 82.3. The molecular weight excluding hydrogens is 935 g/mol. The fourth-order valence-corrected chi connectivity index (χ4v) is 11.0. The van der Waals surface area contributed by atoms with E-state index in [-0.39, 0.29) is 18.5 Å². The third-order valence-corrected chi connectivity index (χ3v) is 16.3. The van der Waals surface area contributed by atoms with E-state index in [0.29, 0.717) is 25.9 Å². The average Bonchev–Trinajstić information content (AvgIpc) is 3.42. The number of amides is 1. The van der Waals surface area contributed by atoms with E-state index < -0.39 is 12.1 Å². The first-order valence-electron chi connectivity index (χ1n) is 34.6. The Hall–Kier alpha value is -1.66. The van der Waals surface area contributed by atoms with Gasteiger partial charge in [-0.05, 0) is 57.8 Å². The molecule has 0 saturated carbocycles. The van der Waals surface area contributed by atoms with E-state index in [0.717, 1.165) is 44.9 Å². The lowest BCUT2D eigenvalue weighted by atomic mass is 10.0. The molecule has 0 bridgehead atoms. The van der Waals surface area contributed by atoms with Crippen LogP contribution < -0.4 is 5.32 Å². The van der Waals surface area contributed by atoms with Crippen molar-refractivity contribution in [1.29, 1.82) is 0 Å². The number of aliphatic hydroxyl groups excluding tert-OH is 2. The first kappa shape index (κ1) is 74.3. The van der Waals surface area contributed by atoms with Gasteiger partial charge >= 0.3 is 5.97 Å². The number of carbonyl (C=O) groups is 2. The molecular formula is C70H135NO5. The van der Waals surface area contributed by atoms with Crippen LogP contribution >= 0.6 is 0 Å². The molecule has 0 rings (SSSR count). The van der Waals surface area contributed by atoms with Crippen molar-refractivity contribution in [2.75, 3.05) is 13.2 Å². The number of rotatable bonds is 65. The molecule has 3 N–H and O–H groups in total. The summed E-state index contributed by atoms with van der Waals surface area (Å²) in [7, 11) is 0. The standard InChI is InChI=1S/C70H135NO5/c1-3-5-7-9-11-13-15-17-18-19-34-37-40-44-48-52-56-60-64-70(75)76-65-61-57-53-49-45-41-38-35-32-30-28-26-24-22-20-21-23-25-27-29-31-33-36-39-43-47-51-55-59-63-69(74)71-67(66-72)68(73)62-58-54-50-46-42-16-14-12-10-8-6-4-2/h20,22,26,28,67-68,72-73H,3-19,21,23-25,27,29-66H2,1-2H3,(H,71,74)/b22-20-,28-26-. The Labute approximate surface area is 475 Å². The molecule has 0 aromatic heterocycles. The summed E-state index contributed by atoms with van der Waals surface area (Å²) in [5, 5.41) is 23.2. The van der Waals surface area contributed by atoms with E-state index in [4.69, 9.17) is 4.74 Å². The minimum atomic E-state index is -0.664. The summed E-state index contributed by atoms with van der Waals surface area (Å²) in [5.74, 6) is -0.0178. The first-order chi connectivity index (χ1) is 37.5. The second kappa shape index (κ2) is 65.9. The van der Waals surface area contributed by atoms with E-state index in [9.17, 15) is 19.8 Å². The highest BCUT2D eigenvalue weighted by Gasteiger charge is 2.20. The summed E-state index contributed by atoms with van der Waals surface area (Å²) >= 11 is 0. The van der Waals surface area contributed by atoms with Gasteiger partial charge in [0, 0.05) is 12.8 Å². The van der Waals surface area contributed by atoms with Gasteiger partial charge in [-0.15, -0.1) is 0 Å². The summed E-state index contributed by atoms with van der Waals surface area (Å²) in [6.45, 7) is 4.98. The summed E-state index contributed by atoms with van der Waals surface area (Å²) < 4.78 is 5.50. The highest BCUT2D eigenvalue weighted by molar-refractivity contribution is 5.76. The molecule has 2 atom stereocenters. The third kappa shape index (κ3) is 61.6. The molecule has 6 nitrogen and oxygen atoms in total. The number of aliphatic hydroxyl groups is 2. The zero-order chi connectivity index (χ0) is 55.0. The molecule has 0 aromatic carbocycles. The molecule has 0 radical (unpaired) electrons. The molecule has 450 valence electrons. The van der Waals surface area contributed by atoms with Crippen molar-refractivity contribution in [3.63, 3.8) is 0 Å². The second-order valence-electron chi connectivity index (χ2n) is 23.9. The SMILES string of the molecule is CCCCCCCCCCCCCCCCCCCCC(=O)OCCCCCCCCCCC/C=C\C/C=C\CCCCCCCCCCCCCCCC(=O)NC(CO)C(O)CCCCCCCCCCCCCC. The van der Waals surface area contributed by atoms with Crippen molar-refractivity contribution in [3.8, 4) is 0 Å². The molecule has 0 aliphatic rings. The van der Waals surface area contributed by atoms with E-state index in [2.05, 4.69) is 43.5 Å². The molecule has 0 aliphatic carbocycles.